The van der Waals surface area contributed by atoms with Crippen molar-refractivity contribution < 1.29 is 36.2 Å². The van der Waals surface area contributed by atoms with Gasteiger partial charge in [0, 0.05) is 17.3 Å². The summed E-state index contributed by atoms with van der Waals surface area (Å²) in [6, 6.07) is 16.0. The predicted octanol–water partition coefficient (Wildman–Crippen LogP) is 3.06. The number of rotatable bonds is 7. The molecule has 34 heavy (non-hydrogen) atoms. The van der Waals surface area contributed by atoms with Crippen molar-refractivity contribution in [3.63, 3.8) is 0 Å². The van der Waals surface area contributed by atoms with E-state index in [0.717, 1.165) is 12.7 Å². The summed E-state index contributed by atoms with van der Waals surface area (Å²) in [5, 5.41) is 2.64. The fourth-order valence-electron chi connectivity index (χ4n) is 2.46. The number of hydrogen-bond donors (Lipinski definition) is 1. The van der Waals surface area contributed by atoms with Gasteiger partial charge >= 0.3 is 12.1 Å². The minimum atomic E-state index is -4.41. The number of alkyl carbamates (subject to hydrolysis) is 1. The lowest BCUT2D eigenvalue weighted by Crippen LogP contribution is -2.46. The maximum absolute atomic E-state index is 12.7. The van der Waals surface area contributed by atoms with Gasteiger partial charge in [0.25, 0.3) is 0 Å². The molecule has 0 saturated carbocycles. The molecule has 0 fully saturated rings. The lowest BCUT2D eigenvalue weighted by atomic mass is 10.1. The van der Waals surface area contributed by atoms with E-state index in [1.54, 1.807) is 32.9 Å². The van der Waals surface area contributed by atoms with Gasteiger partial charge in [-0.2, -0.15) is 0 Å². The van der Waals surface area contributed by atoms with Crippen LogP contribution in [0, 0.1) is 0 Å². The van der Waals surface area contributed by atoms with E-state index in [0.29, 0.717) is 12.2 Å². The SMILES string of the molecule is COS(=O)(=O)[O-].C[S+](C)c1ccc(OC(=O)C(Cc2ccccc2)NC(=O)OC(C)(C)C)cc1. The number of carbonyl (C=O) groups is 2. The van der Waals surface area contributed by atoms with Crippen molar-refractivity contribution in [2.75, 3.05) is 19.6 Å². The Hall–Kier alpha value is -2.60. The summed E-state index contributed by atoms with van der Waals surface area (Å²) in [5.41, 5.74) is 0.260. The topological polar surface area (TPSA) is 131 Å². The highest BCUT2D eigenvalue weighted by Crippen LogP contribution is 2.17. The zero-order chi connectivity index (χ0) is 25.9. The van der Waals surface area contributed by atoms with Gasteiger partial charge in [-0.05, 0) is 50.6 Å². The summed E-state index contributed by atoms with van der Waals surface area (Å²) in [5.74, 6) is -0.0855. The van der Waals surface area contributed by atoms with Crippen LogP contribution < -0.4 is 10.1 Å². The Morgan fingerprint density at radius 3 is 2.00 bits per heavy atom. The number of benzene rings is 2. The number of hydrogen-bond acceptors (Lipinski definition) is 8. The molecule has 0 aliphatic heterocycles. The molecule has 1 N–H and O–H groups in total. The van der Waals surface area contributed by atoms with E-state index in [-0.39, 0.29) is 10.9 Å². The van der Waals surface area contributed by atoms with Gasteiger partial charge in [-0.15, -0.1) is 0 Å². The van der Waals surface area contributed by atoms with Gasteiger partial charge in [0.15, 0.2) is 4.90 Å². The van der Waals surface area contributed by atoms with Gasteiger partial charge < -0.3 is 19.3 Å². The molecule has 2 rings (SSSR count). The van der Waals surface area contributed by atoms with Crippen LogP contribution in [-0.2, 0) is 41.4 Å². The van der Waals surface area contributed by atoms with E-state index in [1.807, 2.05) is 42.5 Å². The monoisotopic (exact) mass is 513 g/mol. The van der Waals surface area contributed by atoms with E-state index in [1.165, 1.54) is 4.90 Å². The average molecular weight is 514 g/mol. The Labute approximate surface area is 204 Å². The normalized spacial score (nSPS) is 12.2. The number of carbonyl (C=O) groups excluding carboxylic acids is 2. The highest BCUT2D eigenvalue weighted by Gasteiger charge is 2.26. The quantitative estimate of drug-likeness (QED) is 0.196. The third-order valence-corrected chi connectivity index (χ3v) is 5.60. The van der Waals surface area contributed by atoms with Crippen LogP contribution in [0.4, 0.5) is 4.79 Å². The Morgan fingerprint density at radius 2 is 1.56 bits per heavy atom. The summed E-state index contributed by atoms with van der Waals surface area (Å²) >= 11 is 0. The Balaban J connectivity index is 0.000000852. The van der Waals surface area contributed by atoms with E-state index in [4.69, 9.17) is 9.47 Å². The maximum Gasteiger partial charge on any atom is 0.408 e. The van der Waals surface area contributed by atoms with Gasteiger partial charge in [0.2, 0.25) is 10.4 Å². The van der Waals surface area contributed by atoms with E-state index in [9.17, 15) is 22.6 Å². The van der Waals surface area contributed by atoms with Crippen molar-refractivity contribution in [2.45, 2.75) is 43.7 Å². The number of esters is 1. The second-order valence-electron chi connectivity index (χ2n) is 8.17. The van der Waals surface area contributed by atoms with E-state index < -0.39 is 34.1 Å². The lowest BCUT2D eigenvalue weighted by molar-refractivity contribution is -0.136. The minimum Gasteiger partial charge on any atom is -0.726 e. The van der Waals surface area contributed by atoms with E-state index >= 15 is 0 Å². The lowest BCUT2D eigenvalue weighted by Gasteiger charge is -2.23. The van der Waals surface area contributed by atoms with Crippen LogP contribution in [0.3, 0.4) is 0 Å². The summed E-state index contributed by atoms with van der Waals surface area (Å²) in [7, 11) is -3.47. The molecule has 1 amide bonds. The molecule has 2 aromatic carbocycles. The van der Waals surface area contributed by atoms with Crippen molar-refractivity contribution in [3.05, 3.63) is 60.2 Å². The molecule has 0 bridgehead atoms. The summed E-state index contributed by atoms with van der Waals surface area (Å²) < 4.78 is 41.8. The van der Waals surface area contributed by atoms with Gasteiger partial charge in [-0.25, -0.2) is 18.0 Å². The summed E-state index contributed by atoms with van der Waals surface area (Å²) in [6.45, 7) is 5.32. The molecule has 0 radical (unpaired) electrons. The van der Waals surface area contributed by atoms with Crippen molar-refractivity contribution >= 4 is 33.4 Å². The fourth-order valence-corrected chi connectivity index (χ4v) is 3.14. The fraction of sp³-hybridized carbons (Fsp3) is 0.391. The molecule has 0 aromatic heterocycles. The first-order valence-corrected chi connectivity index (χ1v) is 13.5. The standard InChI is InChI=1S/C22H27NO4S.CH4O4S/c1-22(2,3)27-21(25)23-19(15-16-9-7-6-8-10-16)20(24)26-17-11-13-18(14-12-17)28(4)5;1-5-6(2,3)4/h6-14,19H,15H2,1-5H3;1H3,(H,2,3,4). The van der Waals surface area contributed by atoms with Crippen LogP contribution in [0.1, 0.15) is 26.3 Å². The zero-order valence-corrected chi connectivity index (χ0v) is 21.7. The molecule has 11 heteroatoms. The molecule has 1 unspecified atom stereocenters. The molecule has 9 nitrogen and oxygen atoms in total. The van der Waals surface area contributed by atoms with Gasteiger partial charge in [0.1, 0.15) is 29.9 Å². The maximum atomic E-state index is 12.7. The van der Waals surface area contributed by atoms with Crippen molar-refractivity contribution in [1.82, 2.24) is 5.32 Å². The third kappa shape index (κ3) is 12.6. The van der Waals surface area contributed by atoms with Crippen molar-refractivity contribution in [3.8, 4) is 5.75 Å². The largest absolute Gasteiger partial charge is 0.726 e. The van der Waals surface area contributed by atoms with Crippen LogP contribution in [0.25, 0.3) is 0 Å². The molecule has 1 atom stereocenters. The van der Waals surface area contributed by atoms with E-state index in [2.05, 4.69) is 22.0 Å². The molecule has 188 valence electrons. The first-order valence-electron chi connectivity index (χ1n) is 10.1. The highest BCUT2D eigenvalue weighted by atomic mass is 32.3. The van der Waals surface area contributed by atoms with Crippen LogP contribution in [0.5, 0.6) is 5.75 Å². The van der Waals surface area contributed by atoms with Crippen molar-refractivity contribution in [1.29, 1.82) is 0 Å². The van der Waals surface area contributed by atoms with Gasteiger partial charge in [0.05, 0.1) is 7.11 Å². The Bertz CT molecular complexity index is 1020. The molecule has 0 aliphatic carbocycles. The summed E-state index contributed by atoms with van der Waals surface area (Å²) in [6.07, 6.45) is 3.91. The van der Waals surface area contributed by atoms with Crippen LogP contribution in [0.2, 0.25) is 0 Å². The number of ether oxygens (including phenoxy) is 2. The molecular formula is C23H31NO8S2. The minimum absolute atomic E-state index is 0.133. The van der Waals surface area contributed by atoms with Crippen LogP contribution >= 0.6 is 0 Å². The van der Waals surface area contributed by atoms with Crippen LogP contribution in [-0.4, -0.2) is 56.3 Å². The second kappa shape index (κ2) is 13.3. The highest BCUT2D eigenvalue weighted by molar-refractivity contribution is 7.95. The number of amides is 1. The molecular weight excluding hydrogens is 482 g/mol. The van der Waals surface area contributed by atoms with Gasteiger partial charge in [-0.3, -0.25) is 4.18 Å². The second-order valence-corrected chi connectivity index (χ2v) is 11.4. The first-order chi connectivity index (χ1) is 15.7. The summed E-state index contributed by atoms with van der Waals surface area (Å²) in [4.78, 5) is 26.1. The molecule has 2 aromatic rings. The Kier molecular flexibility index (Phi) is 11.5. The molecule has 0 spiro atoms. The number of nitrogens with one attached hydrogen (secondary N) is 1. The van der Waals surface area contributed by atoms with Crippen molar-refractivity contribution in [2.24, 2.45) is 0 Å². The van der Waals surface area contributed by atoms with Gasteiger partial charge in [-0.1, -0.05) is 30.3 Å². The average Bonchev–Trinajstić information content (AvgIpc) is 2.73. The predicted molar refractivity (Wildman–Crippen MR) is 130 cm³/mol. The van der Waals surface area contributed by atoms with Crippen LogP contribution in [0.15, 0.2) is 59.5 Å². The molecule has 0 saturated heterocycles. The smallest absolute Gasteiger partial charge is 0.408 e. The zero-order valence-electron chi connectivity index (χ0n) is 20.1. The Morgan fingerprint density at radius 1 is 1.03 bits per heavy atom. The molecule has 0 heterocycles. The third-order valence-electron chi connectivity index (χ3n) is 3.98. The molecule has 0 aliphatic rings. The first kappa shape index (κ1) is 29.4.